The van der Waals surface area contributed by atoms with Gasteiger partial charge in [-0.25, -0.2) is 9.37 Å². The van der Waals surface area contributed by atoms with E-state index in [4.69, 9.17) is 4.98 Å². The fourth-order valence-corrected chi connectivity index (χ4v) is 3.35. The standard InChI is InChI=1S/C17H21FN2S/c1-10(2)15-9-21-17(20-15)16(19-13-6-7-13)12-5-4-11(3)14(18)8-12/h4-5,8-10,13,16,19H,6-7H2,1-3H3. The van der Waals surface area contributed by atoms with Crippen molar-refractivity contribution in [2.24, 2.45) is 0 Å². The summed E-state index contributed by atoms with van der Waals surface area (Å²) in [5.74, 6) is 0.280. The molecule has 21 heavy (non-hydrogen) atoms. The third-order valence-corrected chi connectivity index (χ3v) is 4.81. The number of halogens is 1. The van der Waals surface area contributed by atoms with E-state index < -0.39 is 0 Å². The lowest BCUT2D eigenvalue weighted by Crippen LogP contribution is -2.24. The van der Waals surface area contributed by atoms with E-state index in [1.165, 1.54) is 12.8 Å². The van der Waals surface area contributed by atoms with Crippen LogP contribution in [0.15, 0.2) is 23.6 Å². The van der Waals surface area contributed by atoms with Gasteiger partial charge in [0.05, 0.1) is 11.7 Å². The maximum Gasteiger partial charge on any atom is 0.126 e. The molecule has 1 fully saturated rings. The third kappa shape index (κ3) is 3.33. The predicted octanol–water partition coefficient (Wildman–Crippen LogP) is 4.56. The molecule has 1 atom stereocenters. The molecule has 1 aliphatic carbocycles. The first kappa shape index (κ1) is 14.7. The van der Waals surface area contributed by atoms with Crippen LogP contribution in [0.25, 0.3) is 0 Å². The Hall–Kier alpha value is -1.26. The van der Waals surface area contributed by atoms with Crippen LogP contribution in [0.2, 0.25) is 0 Å². The number of aromatic nitrogens is 1. The molecule has 1 aromatic carbocycles. The molecule has 2 nitrogen and oxygen atoms in total. The number of aryl methyl sites for hydroxylation is 1. The summed E-state index contributed by atoms with van der Waals surface area (Å²) in [4.78, 5) is 4.75. The summed E-state index contributed by atoms with van der Waals surface area (Å²) in [5.41, 5.74) is 2.77. The highest BCUT2D eigenvalue weighted by molar-refractivity contribution is 7.09. The first-order valence-electron chi connectivity index (χ1n) is 7.52. The summed E-state index contributed by atoms with van der Waals surface area (Å²) >= 11 is 1.66. The molecular weight excluding hydrogens is 283 g/mol. The largest absolute Gasteiger partial charge is 0.301 e. The number of hydrogen-bond donors (Lipinski definition) is 1. The Labute approximate surface area is 129 Å². The summed E-state index contributed by atoms with van der Waals surface area (Å²) < 4.78 is 13.9. The van der Waals surface area contributed by atoms with Crippen LogP contribution in [0.4, 0.5) is 4.39 Å². The number of rotatable bonds is 5. The molecule has 1 aliphatic rings. The second kappa shape index (κ2) is 5.85. The molecule has 0 aliphatic heterocycles. The minimum Gasteiger partial charge on any atom is -0.301 e. The number of hydrogen-bond acceptors (Lipinski definition) is 3. The van der Waals surface area contributed by atoms with Crippen molar-refractivity contribution in [1.82, 2.24) is 10.3 Å². The van der Waals surface area contributed by atoms with Crippen LogP contribution in [0.1, 0.15) is 60.5 Å². The topological polar surface area (TPSA) is 24.9 Å². The van der Waals surface area contributed by atoms with Gasteiger partial charge in [-0.05, 0) is 42.9 Å². The second-order valence-corrected chi connectivity index (χ2v) is 7.04. The van der Waals surface area contributed by atoms with E-state index in [0.29, 0.717) is 17.5 Å². The molecule has 1 unspecified atom stereocenters. The van der Waals surface area contributed by atoms with E-state index >= 15 is 0 Å². The van der Waals surface area contributed by atoms with Gasteiger partial charge in [0, 0.05) is 11.4 Å². The van der Waals surface area contributed by atoms with Gasteiger partial charge >= 0.3 is 0 Å². The summed E-state index contributed by atoms with van der Waals surface area (Å²) in [6, 6.07) is 6.06. The molecule has 4 heteroatoms. The number of nitrogens with zero attached hydrogens (tertiary/aromatic N) is 1. The summed E-state index contributed by atoms with van der Waals surface area (Å²) in [7, 11) is 0. The first-order chi connectivity index (χ1) is 10.0. The molecule has 0 saturated heterocycles. The van der Waals surface area contributed by atoms with E-state index in [0.717, 1.165) is 16.3 Å². The minimum absolute atomic E-state index is 0.00472. The van der Waals surface area contributed by atoms with Crippen molar-refractivity contribution < 1.29 is 4.39 Å². The minimum atomic E-state index is -0.143. The zero-order chi connectivity index (χ0) is 15.0. The molecule has 0 radical (unpaired) electrons. The normalized spacial score (nSPS) is 16.4. The van der Waals surface area contributed by atoms with Crippen molar-refractivity contribution in [3.63, 3.8) is 0 Å². The molecule has 1 aromatic heterocycles. The van der Waals surface area contributed by atoms with Crippen molar-refractivity contribution in [3.8, 4) is 0 Å². The smallest absolute Gasteiger partial charge is 0.126 e. The highest BCUT2D eigenvalue weighted by Crippen LogP contribution is 2.32. The van der Waals surface area contributed by atoms with Crippen molar-refractivity contribution in [2.45, 2.75) is 51.6 Å². The van der Waals surface area contributed by atoms with E-state index in [9.17, 15) is 4.39 Å². The lowest BCUT2D eigenvalue weighted by molar-refractivity contribution is 0.579. The third-order valence-electron chi connectivity index (χ3n) is 3.89. The summed E-state index contributed by atoms with van der Waals surface area (Å²) in [5, 5.41) is 6.76. The molecular formula is C17H21FN2S. The predicted molar refractivity (Wildman–Crippen MR) is 85.3 cm³/mol. The highest BCUT2D eigenvalue weighted by Gasteiger charge is 2.28. The van der Waals surface area contributed by atoms with Crippen LogP contribution < -0.4 is 5.32 Å². The molecule has 3 rings (SSSR count). The Bertz CT molecular complexity index is 631. The maximum atomic E-state index is 13.9. The molecule has 1 heterocycles. The van der Waals surface area contributed by atoms with Crippen molar-refractivity contribution in [1.29, 1.82) is 0 Å². The van der Waals surface area contributed by atoms with Gasteiger partial charge in [-0.2, -0.15) is 0 Å². The molecule has 112 valence electrons. The van der Waals surface area contributed by atoms with Crippen LogP contribution in [-0.2, 0) is 0 Å². The van der Waals surface area contributed by atoms with Crippen LogP contribution in [0, 0.1) is 12.7 Å². The van der Waals surface area contributed by atoms with Crippen LogP contribution in [0.3, 0.4) is 0 Å². The second-order valence-electron chi connectivity index (χ2n) is 6.15. The fraction of sp³-hybridized carbons (Fsp3) is 0.471. The Balaban J connectivity index is 1.93. The van der Waals surface area contributed by atoms with Gasteiger partial charge in [-0.3, -0.25) is 0 Å². The van der Waals surface area contributed by atoms with Crippen molar-refractivity contribution >= 4 is 11.3 Å². The Morgan fingerprint density at radius 3 is 2.67 bits per heavy atom. The number of benzene rings is 1. The Morgan fingerprint density at radius 1 is 1.33 bits per heavy atom. The molecule has 1 saturated carbocycles. The van der Waals surface area contributed by atoms with Crippen LogP contribution in [0.5, 0.6) is 0 Å². The Kier molecular flexibility index (Phi) is 4.09. The number of thiazole rings is 1. The summed E-state index contributed by atoms with van der Waals surface area (Å²) in [6.45, 7) is 6.09. The van der Waals surface area contributed by atoms with Gasteiger partial charge in [0.25, 0.3) is 0 Å². The van der Waals surface area contributed by atoms with E-state index in [-0.39, 0.29) is 11.9 Å². The Morgan fingerprint density at radius 2 is 2.10 bits per heavy atom. The molecule has 1 N–H and O–H groups in total. The monoisotopic (exact) mass is 304 g/mol. The summed E-state index contributed by atoms with van der Waals surface area (Å²) in [6.07, 6.45) is 2.40. The van der Waals surface area contributed by atoms with Gasteiger partial charge in [-0.15, -0.1) is 11.3 Å². The zero-order valence-corrected chi connectivity index (χ0v) is 13.5. The highest BCUT2D eigenvalue weighted by atomic mass is 32.1. The average Bonchev–Trinajstić information content (AvgIpc) is 3.13. The fourth-order valence-electron chi connectivity index (χ4n) is 2.28. The first-order valence-corrected chi connectivity index (χ1v) is 8.40. The van der Waals surface area contributed by atoms with E-state index in [1.54, 1.807) is 24.3 Å². The van der Waals surface area contributed by atoms with E-state index in [1.807, 2.05) is 12.1 Å². The molecule has 0 amide bonds. The molecule has 2 aromatic rings. The average molecular weight is 304 g/mol. The van der Waals surface area contributed by atoms with E-state index in [2.05, 4.69) is 24.5 Å². The van der Waals surface area contributed by atoms with Crippen molar-refractivity contribution in [3.05, 3.63) is 51.2 Å². The lowest BCUT2D eigenvalue weighted by atomic mass is 10.0. The lowest BCUT2D eigenvalue weighted by Gasteiger charge is -2.17. The van der Waals surface area contributed by atoms with Gasteiger partial charge in [0.1, 0.15) is 10.8 Å². The van der Waals surface area contributed by atoms with Gasteiger partial charge < -0.3 is 5.32 Å². The zero-order valence-electron chi connectivity index (χ0n) is 12.7. The SMILES string of the molecule is Cc1ccc(C(NC2CC2)c2nc(C(C)C)cs2)cc1F. The van der Waals surface area contributed by atoms with Crippen molar-refractivity contribution in [2.75, 3.05) is 0 Å². The van der Waals surface area contributed by atoms with Crippen LogP contribution in [-0.4, -0.2) is 11.0 Å². The van der Waals surface area contributed by atoms with Gasteiger partial charge in [0.15, 0.2) is 0 Å². The van der Waals surface area contributed by atoms with Crippen LogP contribution >= 0.6 is 11.3 Å². The van der Waals surface area contributed by atoms with Gasteiger partial charge in [0.2, 0.25) is 0 Å². The molecule has 0 bridgehead atoms. The quantitative estimate of drug-likeness (QED) is 0.876. The van der Waals surface area contributed by atoms with Gasteiger partial charge in [-0.1, -0.05) is 26.0 Å². The maximum absolute atomic E-state index is 13.9. The molecule has 0 spiro atoms. The number of nitrogens with one attached hydrogen (secondary N) is 1.